The van der Waals surface area contributed by atoms with E-state index >= 15 is 0 Å². The van der Waals surface area contributed by atoms with Crippen molar-refractivity contribution in [2.75, 3.05) is 18.0 Å². The number of rotatable bonds is 5. The zero-order chi connectivity index (χ0) is 22.8. The standard InChI is InChI=1S/C20H17ClF4N2O4/c21-14-8-12(9-15(22)11-14)4-6-26-18(29)31-19(30)5-7-27(17(19)28)16-3-1-2-13(10-16)20(23,24)25/h1-3,8-11,30H,4-7H2,(H,26,29)/t19-/m1/s1. The molecule has 6 nitrogen and oxygen atoms in total. The number of halogens is 5. The number of carbonyl (C=O) groups excluding carboxylic acids is 2. The van der Waals surface area contributed by atoms with Crippen LogP contribution in [0.15, 0.2) is 42.5 Å². The molecule has 1 atom stereocenters. The topological polar surface area (TPSA) is 78.9 Å². The molecule has 2 N–H and O–H groups in total. The average molecular weight is 461 g/mol. The number of hydrogen-bond acceptors (Lipinski definition) is 4. The van der Waals surface area contributed by atoms with Crippen molar-refractivity contribution in [1.82, 2.24) is 5.32 Å². The van der Waals surface area contributed by atoms with E-state index in [4.69, 9.17) is 16.3 Å². The summed E-state index contributed by atoms with van der Waals surface area (Å²) in [5.41, 5.74) is -0.524. The molecule has 11 heteroatoms. The Morgan fingerprint density at radius 2 is 2.00 bits per heavy atom. The number of hydrogen-bond donors (Lipinski definition) is 2. The number of nitrogens with one attached hydrogen (secondary N) is 1. The highest BCUT2D eigenvalue weighted by Gasteiger charge is 2.49. The quantitative estimate of drug-likeness (QED) is 0.524. The Kier molecular flexibility index (Phi) is 6.42. The fourth-order valence-electron chi connectivity index (χ4n) is 3.13. The van der Waals surface area contributed by atoms with E-state index < -0.39 is 35.3 Å². The van der Waals surface area contributed by atoms with Crippen molar-refractivity contribution in [1.29, 1.82) is 0 Å². The predicted octanol–water partition coefficient (Wildman–Crippen LogP) is 3.89. The molecule has 0 unspecified atom stereocenters. The van der Waals surface area contributed by atoms with Crippen molar-refractivity contribution >= 4 is 29.3 Å². The van der Waals surface area contributed by atoms with Crippen LogP contribution >= 0.6 is 11.6 Å². The molecular formula is C20H17ClF4N2O4. The molecule has 1 aliphatic heterocycles. The molecule has 1 fully saturated rings. The number of amides is 2. The highest BCUT2D eigenvalue weighted by molar-refractivity contribution is 6.30. The molecule has 31 heavy (non-hydrogen) atoms. The van der Waals surface area contributed by atoms with Crippen LogP contribution in [0.2, 0.25) is 5.02 Å². The maximum absolute atomic E-state index is 13.3. The summed E-state index contributed by atoms with van der Waals surface area (Å²) in [6.07, 6.45) is -5.83. The summed E-state index contributed by atoms with van der Waals surface area (Å²) < 4.78 is 56.9. The van der Waals surface area contributed by atoms with Crippen LogP contribution in [0.4, 0.5) is 28.0 Å². The molecular weight excluding hydrogens is 444 g/mol. The van der Waals surface area contributed by atoms with Gasteiger partial charge in [0.25, 0.3) is 11.7 Å². The third-order valence-electron chi connectivity index (χ3n) is 4.61. The molecule has 0 aliphatic carbocycles. The molecule has 166 valence electrons. The molecule has 0 aromatic heterocycles. The molecule has 0 bridgehead atoms. The van der Waals surface area contributed by atoms with Crippen LogP contribution in [0.25, 0.3) is 0 Å². The van der Waals surface area contributed by atoms with Gasteiger partial charge in [-0.05, 0) is 48.4 Å². The third-order valence-corrected chi connectivity index (χ3v) is 4.82. The van der Waals surface area contributed by atoms with E-state index in [-0.39, 0.29) is 36.6 Å². The predicted molar refractivity (Wildman–Crippen MR) is 103 cm³/mol. The monoisotopic (exact) mass is 460 g/mol. The maximum Gasteiger partial charge on any atom is 0.416 e. The Labute approximate surface area is 179 Å². The smallest absolute Gasteiger partial charge is 0.407 e. The highest BCUT2D eigenvalue weighted by Crippen LogP contribution is 2.34. The molecule has 1 heterocycles. The zero-order valence-electron chi connectivity index (χ0n) is 15.9. The number of aliphatic hydroxyl groups is 1. The van der Waals surface area contributed by atoms with E-state index in [0.717, 1.165) is 29.2 Å². The third kappa shape index (κ3) is 5.45. The van der Waals surface area contributed by atoms with Crippen LogP contribution in [0.3, 0.4) is 0 Å². The Morgan fingerprint density at radius 1 is 1.26 bits per heavy atom. The van der Waals surface area contributed by atoms with Crippen LogP contribution in [0.5, 0.6) is 0 Å². The molecule has 0 radical (unpaired) electrons. The van der Waals surface area contributed by atoms with Gasteiger partial charge in [0.15, 0.2) is 0 Å². The van der Waals surface area contributed by atoms with Crippen molar-refractivity contribution in [3.63, 3.8) is 0 Å². The van der Waals surface area contributed by atoms with Gasteiger partial charge in [0, 0.05) is 30.2 Å². The first-order chi connectivity index (χ1) is 14.5. The van der Waals surface area contributed by atoms with Gasteiger partial charge in [0.05, 0.1) is 5.56 Å². The lowest BCUT2D eigenvalue weighted by Crippen LogP contribution is -2.46. The maximum atomic E-state index is 13.3. The first kappa shape index (κ1) is 22.8. The fraction of sp³-hybridized carbons (Fsp3) is 0.300. The van der Waals surface area contributed by atoms with Crippen molar-refractivity contribution in [2.24, 2.45) is 0 Å². The van der Waals surface area contributed by atoms with Crippen molar-refractivity contribution in [3.8, 4) is 0 Å². The van der Waals surface area contributed by atoms with Crippen molar-refractivity contribution in [2.45, 2.75) is 24.8 Å². The SMILES string of the molecule is O=C(NCCc1cc(F)cc(Cl)c1)O[C@]1(O)CCN(c2cccc(C(F)(F)F)c2)C1=O. The second kappa shape index (κ2) is 8.72. The van der Waals surface area contributed by atoms with Gasteiger partial charge in [-0.2, -0.15) is 13.2 Å². The number of alkyl halides is 3. The molecule has 0 saturated carbocycles. The summed E-state index contributed by atoms with van der Waals surface area (Å²) >= 11 is 5.75. The molecule has 3 rings (SSSR count). The lowest BCUT2D eigenvalue weighted by atomic mass is 10.1. The molecule has 2 aromatic carbocycles. The summed E-state index contributed by atoms with van der Waals surface area (Å²) in [5.74, 6) is -4.11. The zero-order valence-corrected chi connectivity index (χ0v) is 16.6. The molecule has 0 spiro atoms. The molecule has 1 aliphatic rings. The number of carbonyl (C=O) groups is 2. The summed E-state index contributed by atoms with van der Waals surface area (Å²) in [6.45, 7) is -0.147. The normalized spacial score (nSPS) is 18.9. The minimum absolute atomic E-state index is 0.000226. The van der Waals surface area contributed by atoms with Crippen molar-refractivity contribution in [3.05, 3.63) is 64.4 Å². The van der Waals surface area contributed by atoms with E-state index in [0.29, 0.717) is 5.56 Å². The van der Waals surface area contributed by atoms with E-state index in [1.807, 2.05) is 0 Å². The van der Waals surface area contributed by atoms with Crippen LogP contribution in [0.1, 0.15) is 17.5 Å². The minimum Gasteiger partial charge on any atom is -0.407 e. The van der Waals surface area contributed by atoms with Gasteiger partial charge in [-0.1, -0.05) is 17.7 Å². The largest absolute Gasteiger partial charge is 0.416 e. The number of nitrogens with zero attached hydrogens (tertiary/aromatic N) is 1. The van der Waals surface area contributed by atoms with Crippen LogP contribution < -0.4 is 10.2 Å². The highest BCUT2D eigenvalue weighted by atomic mass is 35.5. The van der Waals surface area contributed by atoms with Gasteiger partial charge < -0.3 is 20.1 Å². The first-order valence-electron chi connectivity index (χ1n) is 9.11. The van der Waals surface area contributed by atoms with Gasteiger partial charge >= 0.3 is 12.3 Å². The lowest BCUT2D eigenvalue weighted by Gasteiger charge is -2.23. The minimum atomic E-state index is -4.60. The summed E-state index contributed by atoms with van der Waals surface area (Å²) in [4.78, 5) is 25.4. The Balaban J connectivity index is 1.59. The van der Waals surface area contributed by atoms with E-state index in [2.05, 4.69) is 5.32 Å². The summed E-state index contributed by atoms with van der Waals surface area (Å²) in [7, 11) is 0. The Hall–Kier alpha value is -2.85. The Bertz CT molecular complexity index is 981. The number of anilines is 1. The molecule has 2 aromatic rings. The van der Waals surface area contributed by atoms with Crippen LogP contribution in [0, 0.1) is 5.82 Å². The number of benzene rings is 2. The lowest BCUT2D eigenvalue weighted by molar-refractivity contribution is -0.175. The van der Waals surface area contributed by atoms with Gasteiger partial charge in [0.2, 0.25) is 0 Å². The number of alkyl carbamates (subject to hydrolysis) is 1. The van der Waals surface area contributed by atoms with Gasteiger partial charge in [-0.3, -0.25) is 4.79 Å². The van der Waals surface area contributed by atoms with Gasteiger partial charge in [-0.15, -0.1) is 0 Å². The first-order valence-corrected chi connectivity index (χ1v) is 9.49. The second-order valence-corrected chi connectivity index (χ2v) is 7.32. The van der Waals surface area contributed by atoms with Gasteiger partial charge in [-0.25, -0.2) is 9.18 Å². The van der Waals surface area contributed by atoms with E-state index in [1.54, 1.807) is 0 Å². The van der Waals surface area contributed by atoms with Crippen molar-refractivity contribution < 1.29 is 37.0 Å². The summed E-state index contributed by atoms with van der Waals surface area (Å²) in [6, 6.07) is 7.92. The van der Waals surface area contributed by atoms with E-state index in [1.165, 1.54) is 18.2 Å². The van der Waals surface area contributed by atoms with E-state index in [9.17, 15) is 32.3 Å². The van der Waals surface area contributed by atoms with Crippen LogP contribution in [-0.4, -0.2) is 36.0 Å². The molecule has 1 saturated heterocycles. The average Bonchev–Trinajstić information content (AvgIpc) is 2.95. The Morgan fingerprint density at radius 3 is 2.68 bits per heavy atom. The van der Waals surface area contributed by atoms with Gasteiger partial charge in [0.1, 0.15) is 5.82 Å². The molecule has 2 amide bonds. The van der Waals surface area contributed by atoms with Crippen LogP contribution in [-0.2, 0) is 22.1 Å². The second-order valence-electron chi connectivity index (χ2n) is 6.88. The number of ether oxygens (including phenoxy) is 1. The fourth-order valence-corrected chi connectivity index (χ4v) is 3.37. The summed E-state index contributed by atoms with van der Waals surface area (Å²) in [5, 5.41) is 12.9.